The molecule has 1 aromatic heterocycles. The predicted octanol–water partition coefficient (Wildman–Crippen LogP) is 3.60. The van der Waals surface area contributed by atoms with Crippen molar-refractivity contribution in [1.29, 1.82) is 0 Å². The molecule has 18 heavy (non-hydrogen) atoms. The Morgan fingerprint density at radius 1 is 1.17 bits per heavy atom. The zero-order chi connectivity index (χ0) is 12.5. The number of benzene rings is 2. The maximum Gasteiger partial charge on any atom is 0.171 e. The van der Waals surface area contributed by atoms with Crippen LogP contribution >= 0.6 is 11.8 Å². The average Bonchev–Trinajstić information content (AvgIpc) is 2.75. The number of nitrogens with zero attached hydrogens (tertiary/aromatic N) is 1. The highest BCUT2D eigenvalue weighted by Crippen LogP contribution is 2.31. The average molecular weight is 255 g/mol. The normalized spacial score (nSPS) is 10.9. The fourth-order valence-corrected chi connectivity index (χ4v) is 2.67. The van der Waals surface area contributed by atoms with Crippen molar-refractivity contribution in [3.63, 3.8) is 0 Å². The first-order chi connectivity index (χ1) is 8.72. The van der Waals surface area contributed by atoms with Crippen LogP contribution in [0.15, 0.2) is 52.5 Å². The number of imidazole rings is 1. The van der Waals surface area contributed by atoms with E-state index in [1.54, 1.807) is 11.8 Å². The zero-order valence-electron chi connectivity index (χ0n) is 9.97. The molecule has 0 aliphatic rings. The van der Waals surface area contributed by atoms with E-state index in [2.05, 4.69) is 16.0 Å². The summed E-state index contributed by atoms with van der Waals surface area (Å²) in [5, 5.41) is 0.867. The third-order valence-corrected chi connectivity index (χ3v) is 3.72. The molecule has 90 valence electrons. The molecule has 2 aromatic carbocycles. The number of aryl methyl sites for hydroxylation is 1. The summed E-state index contributed by atoms with van der Waals surface area (Å²) in [6.07, 6.45) is 0. The van der Waals surface area contributed by atoms with Gasteiger partial charge in [-0.05, 0) is 48.5 Å². The number of hydrogen-bond acceptors (Lipinski definition) is 3. The van der Waals surface area contributed by atoms with Crippen molar-refractivity contribution in [2.24, 2.45) is 0 Å². The number of anilines is 1. The monoisotopic (exact) mass is 255 g/mol. The Balaban J connectivity index is 1.96. The second-order valence-corrected chi connectivity index (χ2v) is 5.23. The minimum Gasteiger partial charge on any atom is -0.398 e. The summed E-state index contributed by atoms with van der Waals surface area (Å²) in [6, 6.07) is 14.1. The Labute approximate surface area is 109 Å². The van der Waals surface area contributed by atoms with E-state index < -0.39 is 0 Å². The van der Waals surface area contributed by atoms with Crippen LogP contribution in [-0.4, -0.2) is 9.97 Å². The highest BCUT2D eigenvalue weighted by atomic mass is 32.2. The third-order valence-electron chi connectivity index (χ3n) is 2.74. The topological polar surface area (TPSA) is 54.7 Å². The summed E-state index contributed by atoms with van der Waals surface area (Å²) in [4.78, 5) is 8.83. The van der Waals surface area contributed by atoms with Crippen molar-refractivity contribution >= 4 is 28.5 Å². The summed E-state index contributed by atoms with van der Waals surface area (Å²) in [5.41, 5.74) is 9.99. The molecule has 3 nitrogen and oxygen atoms in total. The van der Waals surface area contributed by atoms with E-state index in [1.807, 2.05) is 43.3 Å². The smallest absolute Gasteiger partial charge is 0.171 e. The van der Waals surface area contributed by atoms with Crippen LogP contribution in [-0.2, 0) is 0 Å². The van der Waals surface area contributed by atoms with Crippen molar-refractivity contribution in [2.75, 3.05) is 5.73 Å². The Morgan fingerprint density at radius 2 is 2.00 bits per heavy atom. The number of aromatic nitrogens is 2. The van der Waals surface area contributed by atoms with E-state index in [1.165, 1.54) is 5.56 Å². The summed E-state index contributed by atoms with van der Waals surface area (Å²) in [7, 11) is 0. The molecule has 0 amide bonds. The van der Waals surface area contributed by atoms with Gasteiger partial charge >= 0.3 is 0 Å². The molecule has 3 N–H and O–H groups in total. The van der Waals surface area contributed by atoms with Gasteiger partial charge in [0.05, 0.1) is 11.0 Å². The van der Waals surface area contributed by atoms with Crippen LogP contribution in [0.3, 0.4) is 0 Å². The fraction of sp³-hybridized carbons (Fsp3) is 0.0714. The first kappa shape index (κ1) is 11.2. The molecule has 4 heteroatoms. The van der Waals surface area contributed by atoms with E-state index in [0.29, 0.717) is 0 Å². The van der Waals surface area contributed by atoms with Crippen molar-refractivity contribution in [2.45, 2.75) is 17.0 Å². The van der Waals surface area contributed by atoms with Gasteiger partial charge in [0.1, 0.15) is 0 Å². The molecule has 3 aromatic rings. The van der Waals surface area contributed by atoms with Crippen molar-refractivity contribution in [3.8, 4) is 0 Å². The van der Waals surface area contributed by atoms with Crippen LogP contribution in [0.1, 0.15) is 5.56 Å². The molecule has 0 fully saturated rings. The number of aromatic amines is 1. The number of hydrogen-bond donors (Lipinski definition) is 2. The zero-order valence-corrected chi connectivity index (χ0v) is 10.8. The van der Waals surface area contributed by atoms with Gasteiger partial charge in [0, 0.05) is 10.6 Å². The Morgan fingerprint density at radius 3 is 2.78 bits per heavy atom. The molecule has 0 radical (unpaired) electrons. The third kappa shape index (κ3) is 2.07. The molecule has 0 spiro atoms. The number of rotatable bonds is 2. The van der Waals surface area contributed by atoms with Gasteiger partial charge in [0.2, 0.25) is 0 Å². The summed E-state index contributed by atoms with van der Waals surface area (Å²) < 4.78 is 0. The van der Waals surface area contributed by atoms with Gasteiger partial charge in [-0.2, -0.15) is 0 Å². The van der Waals surface area contributed by atoms with E-state index in [-0.39, 0.29) is 0 Å². The van der Waals surface area contributed by atoms with E-state index in [9.17, 15) is 0 Å². The van der Waals surface area contributed by atoms with E-state index in [0.717, 1.165) is 26.8 Å². The highest BCUT2D eigenvalue weighted by Gasteiger charge is 2.06. The first-order valence-corrected chi connectivity index (χ1v) is 6.53. The van der Waals surface area contributed by atoms with Gasteiger partial charge in [-0.25, -0.2) is 4.98 Å². The van der Waals surface area contributed by atoms with E-state index in [4.69, 9.17) is 5.73 Å². The molecule has 1 heterocycles. The lowest BCUT2D eigenvalue weighted by molar-refractivity contribution is 1.08. The molecule has 0 atom stereocenters. The SMILES string of the molecule is Cc1ccc(Sc2nc3ccccc3[nH]2)c(N)c1. The number of nitrogen functional groups attached to an aromatic ring is 1. The Hall–Kier alpha value is -1.94. The van der Waals surface area contributed by atoms with Crippen molar-refractivity contribution in [1.82, 2.24) is 9.97 Å². The summed E-state index contributed by atoms with van der Waals surface area (Å²) >= 11 is 1.56. The summed E-state index contributed by atoms with van der Waals surface area (Å²) in [5.74, 6) is 0. The first-order valence-electron chi connectivity index (χ1n) is 5.71. The van der Waals surface area contributed by atoms with Gasteiger partial charge in [0.15, 0.2) is 5.16 Å². The second-order valence-electron chi connectivity index (χ2n) is 4.20. The van der Waals surface area contributed by atoms with Gasteiger partial charge in [-0.15, -0.1) is 0 Å². The van der Waals surface area contributed by atoms with E-state index >= 15 is 0 Å². The lowest BCUT2D eigenvalue weighted by Crippen LogP contribution is -1.89. The number of fused-ring (bicyclic) bond motifs is 1. The minimum absolute atomic E-state index is 0.792. The Bertz CT molecular complexity index is 670. The predicted molar refractivity (Wildman–Crippen MR) is 75.8 cm³/mol. The van der Waals surface area contributed by atoms with Crippen LogP contribution in [0.2, 0.25) is 0 Å². The molecule has 0 unspecified atom stereocenters. The van der Waals surface area contributed by atoms with Crippen LogP contribution < -0.4 is 5.73 Å². The number of nitrogens with two attached hydrogens (primary N) is 1. The van der Waals surface area contributed by atoms with Gasteiger partial charge < -0.3 is 10.7 Å². The van der Waals surface area contributed by atoms with Crippen LogP contribution in [0.5, 0.6) is 0 Å². The van der Waals surface area contributed by atoms with Crippen LogP contribution in [0.4, 0.5) is 5.69 Å². The molecule has 0 aliphatic carbocycles. The highest BCUT2D eigenvalue weighted by molar-refractivity contribution is 7.99. The molecular formula is C14H13N3S. The maximum absolute atomic E-state index is 6.00. The molecule has 3 rings (SSSR count). The number of nitrogens with one attached hydrogen (secondary N) is 1. The Kier molecular flexibility index (Phi) is 2.72. The summed E-state index contributed by atoms with van der Waals surface area (Å²) in [6.45, 7) is 2.03. The second kappa shape index (κ2) is 4.38. The minimum atomic E-state index is 0.792. The molecule has 0 saturated heterocycles. The van der Waals surface area contributed by atoms with Gasteiger partial charge in [-0.1, -0.05) is 18.2 Å². The van der Waals surface area contributed by atoms with Crippen molar-refractivity contribution < 1.29 is 0 Å². The standard InChI is InChI=1S/C14H13N3S/c1-9-6-7-13(10(15)8-9)18-14-16-11-4-2-3-5-12(11)17-14/h2-8H,15H2,1H3,(H,16,17). The van der Waals surface area contributed by atoms with Crippen LogP contribution in [0.25, 0.3) is 11.0 Å². The largest absolute Gasteiger partial charge is 0.398 e. The van der Waals surface area contributed by atoms with Gasteiger partial charge in [0.25, 0.3) is 0 Å². The van der Waals surface area contributed by atoms with Crippen molar-refractivity contribution in [3.05, 3.63) is 48.0 Å². The molecule has 0 aliphatic heterocycles. The van der Waals surface area contributed by atoms with Crippen LogP contribution in [0, 0.1) is 6.92 Å². The fourth-order valence-electron chi connectivity index (χ4n) is 1.84. The number of para-hydroxylation sites is 2. The molecule has 0 saturated carbocycles. The molecular weight excluding hydrogens is 242 g/mol. The molecule has 0 bridgehead atoms. The number of H-pyrrole nitrogens is 1. The lowest BCUT2D eigenvalue weighted by Gasteiger charge is -2.03. The maximum atomic E-state index is 6.00. The lowest BCUT2D eigenvalue weighted by atomic mass is 10.2. The van der Waals surface area contributed by atoms with Gasteiger partial charge in [-0.3, -0.25) is 0 Å². The quantitative estimate of drug-likeness (QED) is 0.688.